The van der Waals surface area contributed by atoms with E-state index < -0.39 is 11.7 Å². The van der Waals surface area contributed by atoms with Gasteiger partial charge in [-0.3, -0.25) is 4.79 Å². The quantitative estimate of drug-likeness (QED) is 0.533. The Bertz CT molecular complexity index is 406. The SMILES string of the molecule is NC(=O)C#Cc1ncc(F)cc1N. The molecule has 0 radical (unpaired) electrons. The van der Waals surface area contributed by atoms with Crippen LogP contribution in [0.5, 0.6) is 0 Å². The molecule has 1 aromatic rings. The number of nitrogens with two attached hydrogens (primary N) is 2. The second-order valence-corrected chi connectivity index (χ2v) is 2.21. The Kier molecular flexibility index (Phi) is 2.45. The van der Waals surface area contributed by atoms with Gasteiger partial charge in [-0.2, -0.15) is 0 Å². The highest BCUT2D eigenvalue weighted by atomic mass is 19.1. The Balaban J connectivity index is 3.05. The largest absolute Gasteiger partial charge is 0.396 e. The number of pyridine rings is 1. The minimum absolute atomic E-state index is 0.0775. The topological polar surface area (TPSA) is 82.0 Å². The van der Waals surface area contributed by atoms with Crippen molar-refractivity contribution < 1.29 is 9.18 Å². The van der Waals surface area contributed by atoms with Crippen molar-refractivity contribution in [2.75, 3.05) is 5.73 Å². The average molecular weight is 179 g/mol. The molecule has 0 aromatic carbocycles. The number of carbonyl (C=O) groups is 1. The predicted molar refractivity (Wildman–Crippen MR) is 44.7 cm³/mol. The standard InChI is InChI=1S/C8H6FN3O/c9-5-3-6(10)7(12-4-5)1-2-8(11)13/h3-4H,10H2,(H2,11,13). The zero-order valence-electron chi connectivity index (χ0n) is 6.54. The minimum Gasteiger partial charge on any atom is -0.396 e. The summed E-state index contributed by atoms with van der Waals surface area (Å²) < 4.78 is 12.5. The summed E-state index contributed by atoms with van der Waals surface area (Å²) in [7, 11) is 0. The summed E-state index contributed by atoms with van der Waals surface area (Å²) in [5.74, 6) is 3.02. The van der Waals surface area contributed by atoms with Crippen molar-refractivity contribution in [3.8, 4) is 11.8 Å². The fourth-order valence-electron chi connectivity index (χ4n) is 0.680. The maximum absolute atomic E-state index is 12.5. The Labute approximate surface area is 73.8 Å². The van der Waals surface area contributed by atoms with Gasteiger partial charge in [0, 0.05) is 12.0 Å². The number of hydrogen-bond acceptors (Lipinski definition) is 3. The average Bonchev–Trinajstić information content (AvgIpc) is 2.02. The minimum atomic E-state index is -0.787. The molecule has 0 unspecified atom stereocenters. The third kappa shape index (κ3) is 2.45. The summed E-state index contributed by atoms with van der Waals surface area (Å²) in [6.45, 7) is 0. The molecule has 0 bridgehead atoms. The van der Waals surface area contributed by atoms with Gasteiger partial charge in [-0.1, -0.05) is 0 Å². The van der Waals surface area contributed by atoms with Crippen LogP contribution in [0.15, 0.2) is 12.3 Å². The third-order valence-electron chi connectivity index (χ3n) is 1.19. The molecule has 0 atom stereocenters. The number of primary amides is 1. The van der Waals surface area contributed by atoms with E-state index in [1.54, 1.807) is 0 Å². The van der Waals surface area contributed by atoms with E-state index in [2.05, 4.69) is 10.9 Å². The van der Waals surface area contributed by atoms with Crippen molar-refractivity contribution in [1.82, 2.24) is 4.98 Å². The zero-order valence-corrected chi connectivity index (χ0v) is 6.54. The van der Waals surface area contributed by atoms with Crippen LogP contribution in [0, 0.1) is 17.7 Å². The van der Waals surface area contributed by atoms with E-state index in [1.165, 1.54) is 0 Å². The molecular weight excluding hydrogens is 173 g/mol. The van der Waals surface area contributed by atoms with Gasteiger partial charge in [0.1, 0.15) is 11.5 Å². The number of hydrogen-bond donors (Lipinski definition) is 2. The number of anilines is 1. The van der Waals surface area contributed by atoms with Gasteiger partial charge in [0.15, 0.2) is 0 Å². The van der Waals surface area contributed by atoms with Gasteiger partial charge in [-0.25, -0.2) is 9.37 Å². The van der Waals surface area contributed by atoms with Crippen LogP contribution in [0.3, 0.4) is 0 Å². The summed E-state index contributed by atoms with van der Waals surface area (Å²) in [5, 5.41) is 0. The molecule has 0 aliphatic heterocycles. The van der Waals surface area contributed by atoms with Gasteiger partial charge < -0.3 is 11.5 Å². The zero-order chi connectivity index (χ0) is 9.84. The molecular formula is C8H6FN3O. The molecule has 5 heteroatoms. The van der Waals surface area contributed by atoms with Crippen molar-refractivity contribution in [3.63, 3.8) is 0 Å². The number of rotatable bonds is 0. The van der Waals surface area contributed by atoms with Gasteiger partial charge in [0.25, 0.3) is 5.91 Å². The number of aromatic nitrogens is 1. The molecule has 1 amide bonds. The Morgan fingerprint density at radius 1 is 1.62 bits per heavy atom. The van der Waals surface area contributed by atoms with Crippen LogP contribution in [0.4, 0.5) is 10.1 Å². The van der Waals surface area contributed by atoms with Crippen molar-refractivity contribution in [2.45, 2.75) is 0 Å². The van der Waals surface area contributed by atoms with Gasteiger partial charge in [0.05, 0.1) is 11.9 Å². The van der Waals surface area contributed by atoms with Gasteiger partial charge in [-0.05, 0) is 5.92 Å². The van der Waals surface area contributed by atoms with E-state index in [-0.39, 0.29) is 11.4 Å². The molecule has 4 nitrogen and oxygen atoms in total. The molecule has 0 fully saturated rings. The fourth-order valence-corrected chi connectivity index (χ4v) is 0.680. The second-order valence-electron chi connectivity index (χ2n) is 2.21. The summed E-state index contributed by atoms with van der Waals surface area (Å²) in [6, 6.07) is 1.07. The Morgan fingerprint density at radius 3 is 2.85 bits per heavy atom. The normalized spacial score (nSPS) is 8.69. The first-order chi connectivity index (χ1) is 6.09. The fraction of sp³-hybridized carbons (Fsp3) is 0. The Hall–Kier alpha value is -2.09. The first kappa shape index (κ1) is 9.00. The number of nitrogens with zero attached hydrogens (tertiary/aromatic N) is 1. The lowest BCUT2D eigenvalue weighted by molar-refractivity contribution is -0.112. The van der Waals surface area contributed by atoms with E-state index in [0.717, 1.165) is 12.3 Å². The Morgan fingerprint density at radius 2 is 2.31 bits per heavy atom. The molecule has 0 spiro atoms. The molecule has 0 aliphatic carbocycles. The molecule has 1 aromatic heterocycles. The molecule has 13 heavy (non-hydrogen) atoms. The molecule has 0 saturated heterocycles. The number of amides is 1. The highest BCUT2D eigenvalue weighted by molar-refractivity contribution is 5.92. The third-order valence-corrected chi connectivity index (χ3v) is 1.19. The monoisotopic (exact) mass is 179 g/mol. The van der Waals surface area contributed by atoms with Crippen molar-refractivity contribution in [3.05, 3.63) is 23.8 Å². The molecule has 66 valence electrons. The van der Waals surface area contributed by atoms with E-state index in [9.17, 15) is 9.18 Å². The van der Waals surface area contributed by atoms with Gasteiger partial charge >= 0.3 is 0 Å². The summed E-state index contributed by atoms with van der Waals surface area (Å²) in [6.07, 6.45) is 0.960. The summed E-state index contributed by atoms with van der Waals surface area (Å²) in [4.78, 5) is 13.8. The molecule has 1 heterocycles. The van der Waals surface area contributed by atoms with Gasteiger partial charge in [0.2, 0.25) is 0 Å². The first-order valence-electron chi connectivity index (χ1n) is 3.32. The van der Waals surface area contributed by atoms with E-state index in [0.29, 0.717) is 0 Å². The van der Waals surface area contributed by atoms with Crippen molar-refractivity contribution in [1.29, 1.82) is 0 Å². The summed E-state index contributed by atoms with van der Waals surface area (Å²) in [5.41, 5.74) is 10.3. The van der Waals surface area contributed by atoms with Crippen LogP contribution < -0.4 is 11.5 Å². The number of carbonyl (C=O) groups excluding carboxylic acids is 1. The molecule has 0 aliphatic rings. The summed E-state index contributed by atoms with van der Waals surface area (Å²) >= 11 is 0. The molecule has 0 saturated carbocycles. The lowest BCUT2D eigenvalue weighted by Crippen LogP contribution is -2.06. The smallest absolute Gasteiger partial charge is 0.293 e. The van der Waals surface area contributed by atoms with Crippen LogP contribution in [-0.4, -0.2) is 10.9 Å². The number of nitrogen functional groups attached to an aromatic ring is 1. The van der Waals surface area contributed by atoms with E-state index >= 15 is 0 Å². The maximum atomic E-state index is 12.5. The van der Waals surface area contributed by atoms with Crippen LogP contribution in [0.2, 0.25) is 0 Å². The van der Waals surface area contributed by atoms with Crippen molar-refractivity contribution >= 4 is 11.6 Å². The highest BCUT2D eigenvalue weighted by Gasteiger charge is 1.98. The van der Waals surface area contributed by atoms with Crippen molar-refractivity contribution in [2.24, 2.45) is 5.73 Å². The maximum Gasteiger partial charge on any atom is 0.293 e. The second kappa shape index (κ2) is 3.54. The highest BCUT2D eigenvalue weighted by Crippen LogP contribution is 2.07. The molecule has 4 N–H and O–H groups in total. The van der Waals surface area contributed by atoms with Gasteiger partial charge in [-0.15, -0.1) is 0 Å². The van der Waals surface area contributed by atoms with Crippen LogP contribution in [0.25, 0.3) is 0 Å². The predicted octanol–water partition coefficient (Wildman–Crippen LogP) is -0.360. The lowest BCUT2D eigenvalue weighted by Gasteiger charge is -1.95. The number of halogens is 1. The van der Waals surface area contributed by atoms with Crippen LogP contribution >= 0.6 is 0 Å². The first-order valence-corrected chi connectivity index (χ1v) is 3.32. The van der Waals surface area contributed by atoms with E-state index in [4.69, 9.17) is 11.5 Å². The van der Waals surface area contributed by atoms with Crippen LogP contribution in [0.1, 0.15) is 5.69 Å². The lowest BCUT2D eigenvalue weighted by atomic mass is 10.3. The molecule has 1 rings (SSSR count). The van der Waals surface area contributed by atoms with E-state index in [1.807, 2.05) is 5.92 Å². The van der Waals surface area contributed by atoms with Crippen LogP contribution in [-0.2, 0) is 4.79 Å².